The Morgan fingerprint density at radius 2 is 1.62 bits per heavy atom. The molecule has 0 spiro atoms. The predicted molar refractivity (Wildman–Crippen MR) is 159 cm³/mol. The zero-order valence-corrected chi connectivity index (χ0v) is 26.2. The number of hydrogen-bond donors (Lipinski definition) is 2. The van der Waals surface area contributed by atoms with Gasteiger partial charge in [-0.15, -0.1) is 0 Å². The Bertz CT molecular complexity index is 1660. The SMILES string of the molecule is COc1ccc(-c2cnc(C(=O)Nc3ccc(C(=O)N4CCN(C(=O)CN(C)C)CC4)c(Cl)c3)n2C)c(F)c1F.O=C(O)C(F)(F)F. The van der Waals surface area contributed by atoms with Gasteiger partial charge >= 0.3 is 12.1 Å². The van der Waals surface area contributed by atoms with Crippen molar-refractivity contribution < 1.29 is 51.0 Å². The quantitative estimate of drug-likeness (QED) is 0.358. The van der Waals surface area contributed by atoms with Crippen molar-refractivity contribution in [3.63, 3.8) is 0 Å². The van der Waals surface area contributed by atoms with Gasteiger partial charge in [0.2, 0.25) is 11.7 Å². The Labute approximate surface area is 270 Å². The van der Waals surface area contributed by atoms with E-state index in [1.165, 1.54) is 55.3 Å². The molecule has 0 unspecified atom stereocenters. The first-order valence-electron chi connectivity index (χ1n) is 13.6. The summed E-state index contributed by atoms with van der Waals surface area (Å²) in [7, 11) is 6.38. The van der Waals surface area contributed by atoms with Crippen molar-refractivity contribution in [2.75, 3.05) is 59.2 Å². The van der Waals surface area contributed by atoms with Gasteiger partial charge in [0.1, 0.15) is 0 Å². The first kappa shape index (κ1) is 36.7. The fourth-order valence-electron chi connectivity index (χ4n) is 4.41. The number of ether oxygens (including phenoxy) is 1. The van der Waals surface area contributed by atoms with E-state index in [1.807, 2.05) is 14.1 Å². The van der Waals surface area contributed by atoms with Crippen LogP contribution in [0.25, 0.3) is 11.3 Å². The highest BCUT2D eigenvalue weighted by molar-refractivity contribution is 6.34. The number of rotatable bonds is 7. The van der Waals surface area contributed by atoms with Crippen molar-refractivity contribution in [2.24, 2.45) is 7.05 Å². The Hall–Kier alpha value is -4.77. The second kappa shape index (κ2) is 15.2. The highest BCUT2D eigenvalue weighted by Crippen LogP contribution is 2.30. The van der Waals surface area contributed by atoms with Gasteiger partial charge < -0.3 is 34.4 Å². The number of carboxylic acids is 1. The standard InChI is InChI=1S/C27H29ClF2N6O4.C2HF3O2/c1-33(2)15-22(37)35-9-11-36(12-10-35)27(39)17-6-5-16(13-19(17)28)32-26(38)25-31-14-20(34(25)3)18-7-8-21(40-4)24(30)23(18)29;3-2(4,5)1(6)7/h5-8,13-14H,9-12,15H2,1-4H3,(H,32,38);(H,6,7). The molecular formula is C29H30ClF5N6O6. The molecule has 1 aliphatic heterocycles. The number of imidazole rings is 1. The molecule has 1 aliphatic rings. The summed E-state index contributed by atoms with van der Waals surface area (Å²) in [6, 6.07) is 7.13. The number of benzene rings is 2. The molecule has 18 heteroatoms. The topological polar surface area (TPSA) is 137 Å². The average Bonchev–Trinajstić information content (AvgIpc) is 3.38. The van der Waals surface area contributed by atoms with Crippen molar-refractivity contribution >= 4 is 41.0 Å². The molecule has 0 saturated carbocycles. The lowest BCUT2D eigenvalue weighted by molar-refractivity contribution is -0.192. The van der Waals surface area contributed by atoms with E-state index in [0.29, 0.717) is 38.4 Å². The summed E-state index contributed by atoms with van der Waals surface area (Å²) in [5.74, 6) is -6.19. The van der Waals surface area contributed by atoms with Crippen LogP contribution >= 0.6 is 11.6 Å². The number of hydrogen-bond acceptors (Lipinski definition) is 7. The van der Waals surface area contributed by atoms with Gasteiger partial charge in [0.05, 0.1) is 36.1 Å². The molecule has 2 N–H and O–H groups in total. The van der Waals surface area contributed by atoms with E-state index in [9.17, 15) is 36.3 Å². The zero-order chi connectivity index (χ0) is 35.2. The molecule has 1 aromatic heterocycles. The van der Waals surface area contributed by atoms with E-state index in [-0.39, 0.29) is 45.2 Å². The lowest BCUT2D eigenvalue weighted by atomic mass is 10.1. The van der Waals surface area contributed by atoms with Crippen LogP contribution in [0.4, 0.5) is 27.6 Å². The molecular weight excluding hydrogens is 659 g/mol. The molecule has 0 atom stereocenters. The Kier molecular flexibility index (Phi) is 11.9. The van der Waals surface area contributed by atoms with E-state index in [4.69, 9.17) is 26.2 Å². The predicted octanol–water partition coefficient (Wildman–Crippen LogP) is 3.76. The first-order chi connectivity index (χ1) is 22.0. The van der Waals surface area contributed by atoms with Crippen molar-refractivity contribution in [3.8, 4) is 17.0 Å². The van der Waals surface area contributed by atoms with E-state index in [0.717, 1.165) is 0 Å². The number of aromatic nitrogens is 2. The lowest BCUT2D eigenvalue weighted by Gasteiger charge is -2.35. The molecule has 0 aliphatic carbocycles. The second-order valence-electron chi connectivity index (χ2n) is 10.3. The number of halogens is 6. The highest BCUT2D eigenvalue weighted by atomic mass is 35.5. The molecule has 0 radical (unpaired) electrons. The second-order valence-corrected chi connectivity index (χ2v) is 10.7. The van der Waals surface area contributed by atoms with Gasteiger partial charge in [0.15, 0.2) is 17.4 Å². The van der Waals surface area contributed by atoms with Crippen molar-refractivity contribution in [1.29, 1.82) is 0 Å². The number of carboxylic acid groups (broad SMARTS) is 1. The minimum Gasteiger partial charge on any atom is -0.494 e. The van der Waals surface area contributed by atoms with E-state index >= 15 is 0 Å². The van der Waals surface area contributed by atoms with Gasteiger partial charge in [0, 0.05) is 44.5 Å². The molecule has 3 aromatic rings. The van der Waals surface area contributed by atoms with Crippen LogP contribution in [-0.2, 0) is 16.6 Å². The fourth-order valence-corrected chi connectivity index (χ4v) is 4.67. The third-order valence-corrected chi connectivity index (χ3v) is 7.12. The number of alkyl halides is 3. The van der Waals surface area contributed by atoms with Crippen LogP contribution in [0.15, 0.2) is 36.5 Å². The number of likely N-dealkylation sites (N-methyl/N-ethyl adjacent to an activating group) is 1. The maximum atomic E-state index is 14.6. The maximum Gasteiger partial charge on any atom is 0.490 e. The number of methoxy groups -OCH3 is 1. The molecule has 254 valence electrons. The third-order valence-electron chi connectivity index (χ3n) is 6.80. The number of nitrogens with zero attached hydrogens (tertiary/aromatic N) is 5. The Morgan fingerprint density at radius 3 is 2.15 bits per heavy atom. The molecule has 0 bridgehead atoms. The number of amides is 3. The van der Waals surface area contributed by atoms with E-state index in [2.05, 4.69) is 10.3 Å². The number of nitrogens with one attached hydrogen (secondary N) is 1. The Morgan fingerprint density at radius 1 is 1.02 bits per heavy atom. The molecule has 47 heavy (non-hydrogen) atoms. The van der Waals surface area contributed by atoms with Crippen LogP contribution < -0.4 is 10.1 Å². The third kappa shape index (κ3) is 8.94. The molecule has 4 rings (SSSR count). The number of aliphatic carboxylic acids is 1. The minimum absolute atomic E-state index is 0.0105. The van der Waals surface area contributed by atoms with Crippen LogP contribution in [0.3, 0.4) is 0 Å². The van der Waals surface area contributed by atoms with Gasteiger partial charge in [-0.05, 0) is 44.4 Å². The maximum absolute atomic E-state index is 14.6. The molecule has 12 nitrogen and oxygen atoms in total. The summed E-state index contributed by atoms with van der Waals surface area (Å²) in [4.78, 5) is 56.4. The van der Waals surface area contributed by atoms with Gasteiger partial charge in [0.25, 0.3) is 11.8 Å². The van der Waals surface area contributed by atoms with Crippen LogP contribution in [0.1, 0.15) is 21.0 Å². The summed E-state index contributed by atoms with van der Waals surface area (Å²) < 4.78 is 66.7. The smallest absolute Gasteiger partial charge is 0.490 e. The summed E-state index contributed by atoms with van der Waals surface area (Å²) in [6.07, 6.45) is -3.82. The van der Waals surface area contributed by atoms with E-state index in [1.54, 1.807) is 14.7 Å². The highest BCUT2D eigenvalue weighted by Gasteiger charge is 2.38. The lowest BCUT2D eigenvalue weighted by Crippen LogP contribution is -2.52. The van der Waals surface area contributed by atoms with Crippen molar-refractivity contribution in [2.45, 2.75) is 6.18 Å². The van der Waals surface area contributed by atoms with Crippen LogP contribution in [0.5, 0.6) is 5.75 Å². The monoisotopic (exact) mass is 688 g/mol. The normalized spacial score (nSPS) is 13.2. The van der Waals surface area contributed by atoms with Gasteiger partial charge in [-0.25, -0.2) is 14.2 Å². The summed E-state index contributed by atoms with van der Waals surface area (Å²) >= 11 is 6.40. The van der Waals surface area contributed by atoms with Crippen molar-refractivity contribution in [3.05, 3.63) is 64.6 Å². The summed E-state index contributed by atoms with van der Waals surface area (Å²) in [5.41, 5.74) is 0.689. The molecule has 2 aromatic carbocycles. The fraction of sp³-hybridized carbons (Fsp3) is 0.345. The molecule has 1 fully saturated rings. The summed E-state index contributed by atoms with van der Waals surface area (Å²) in [6.45, 7) is 1.94. The average molecular weight is 689 g/mol. The first-order valence-corrected chi connectivity index (χ1v) is 14.0. The van der Waals surface area contributed by atoms with Crippen LogP contribution in [0, 0.1) is 11.6 Å². The van der Waals surface area contributed by atoms with Gasteiger partial charge in [-0.1, -0.05) is 11.6 Å². The zero-order valence-electron chi connectivity index (χ0n) is 25.5. The number of carbonyl (C=O) groups is 4. The minimum atomic E-state index is -5.08. The van der Waals surface area contributed by atoms with Gasteiger partial charge in [-0.3, -0.25) is 14.4 Å². The van der Waals surface area contributed by atoms with Crippen molar-refractivity contribution in [1.82, 2.24) is 24.3 Å². The molecule has 2 heterocycles. The van der Waals surface area contributed by atoms with Gasteiger partial charge in [-0.2, -0.15) is 17.6 Å². The summed E-state index contributed by atoms with van der Waals surface area (Å²) in [5, 5.41) is 9.93. The number of carbonyl (C=O) groups excluding carboxylic acids is 3. The number of anilines is 1. The largest absolute Gasteiger partial charge is 0.494 e. The number of piperazine rings is 1. The molecule has 3 amide bonds. The molecule has 1 saturated heterocycles. The van der Waals surface area contributed by atoms with Crippen LogP contribution in [-0.4, -0.2) is 113 Å². The van der Waals surface area contributed by atoms with E-state index < -0.39 is 29.7 Å². The van der Waals surface area contributed by atoms with Crippen LogP contribution in [0.2, 0.25) is 5.02 Å². The Balaban J connectivity index is 0.000000771.